The lowest BCUT2D eigenvalue weighted by Gasteiger charge is -2.18. The molecule has 1 aromatic carbocycles. The number of hydrogen-bond donors (Lipinski definition) is 1. The first-order valence-electron chi connectivity index (χ1n) is 10.3. The summed E-state index contributed by atoms with van der Waals surface area (Å²) in [7, 11) is 0. The Labute approximate surface area is 171 Å². The third-order valence-corrected chi connectivity index (χ3v) is 5.55. The molecule has 152 valence electrons. The summed E-state index contributed by atoms with van der Waals surface area (Å²) in [6, 6.07) is 9.90. The fraction of sp³-hybridized carbons (Fsp3) is 0.435. The molecule has 0 radical (unpaired) electrons. The van der Waals surface area contributed by atoms with Crippen LogP contribution in [0.3, 0.4) is 0 Å². The summed E-state index contributed by atoms with van der Waals surface area (Å²) < 4.78 is 7.60. The van der Waals surface area contributed by atoms with Gasteiger partial charge in [0.1, 0.15) is 6.04 Å². The van der Waals surface area contributed by atoms with Crippen LogP contribution < -0.4 is 5.32 Å². The number of rotatable bonds is 6. The average molecular weight is 393 g/mol. The van der Waals surface area contributed by atoms with Gasteiger partial charge in [0.15, 0.2) is 5.82 Å². The van der Waals surface area contributed by atoms with Crippen molar-refractivity contribution in [3.8, 4) is 5.69 Å². The lowest BCUT2D eigenvalue weighted by atomic mass is 10.0. The molecule has 3 aromatic rings. The van der Waals surface area contributed by atoms with Crippen molar-refractivity contribution in [2.45, 2.75) is 59.4 Å². The fourth-order valence-electron chi connectivity index (χ4n) is 3.77. The molecule has 6 nitrogen and oxygen atoms in total. The monoisotopic (exact) mass is 392 g/mol. The molecular formula is C23H28N4O2. The van der Waals surface area contributed by atoms with E-state index in [1.807, 2.05) is 39.8 Å². The van der Waals surface area contributed by atoms with E-state index in [9.17, 15) is 4.79 Å². The Morgan fingerprint density at radius 1 is 1.21 bits per heavy atom. The van der Waals surface area contributed by atoms with Crippen LogP contribution in [0.5, 0.6) is 0 Å². The molecule has 1 unspecified atom stereocenters. The Balaban J connectivity index is 1.60. The van der Waals surface area contributed by atoms with Crippen LogP contribution in [-0.4, -0.2) is 20.6 Å². The normalized spacial score (nSPS) is 15.0. The third kappa shape index (κ3) is 3.84. The maximum absolute atomic E-state index is 13.2. The SMILES string of the molecule is Cc1cccc(-n2c(C)cc(C(=O)NC(c3nc(C4CC4)no3)C(C)C)c2C)c1. The lowest BCUT2D eigenvalue weighted by molar-refractivity contribution is 0.0913. The molecule has 6 heteroatoms. The number of aromatic nitrogens is 3. The topological polar surface area (TPSA) is 73.0 Å². The van der Waals surface area contributed by atoms with Gasteiger partial charge in [0.2, 0.25) is 5.89 Å². The van der Waals surface area contributed by atoms with Gasteiger partial charge in [0.05, 0.1) is 5.56 Å². The van der Waals surface area contributed by atoms with E-state index in [1.165, 1.54) is 5.56 Å². The van der Waals surface area contributed by atoms with E-state index >= 15 is 0 Å². The molecule has 1 aliphatic rings. The minimum atomic E-state index is -0.315. The first kappa shape index (κ1) is 19.4. The fourth-order valence-corrected chi connectivity index (χ4v) is 3.77. The van der Waals surface area contributed by atoms with Gasteiger partial charge in [-0.2, -0.15) is 4.98 Å². The minimum Gasteiger partial charge on any atom is -0.340 e. The zero-order chi connectivity index (χ0) is 20.7. The first-order valence-corrected chi connectivity index (χ1v) is 10.3. The van der Waals surface area contributed by atoms with Gasteiger partial charge in [-0.1, -0.05) is 31.1 Å². The second kappa shape index (κ2) is 7.50. The van der Waals surface area contributed by atoms with Crippen molar-refractivity contribution in [1.82, 2.24) is 20.0 Å². The van der Waals surface area contributed by atoms with Crippen molar-refractivity contribution >= 4 is 5.91 Å². The van der Waals surface area contributed by atoms with Gasteiger partial charge in [-0.05, 0) is 63.3 Å². The number of aryl methyl sites for hydroxylation is 2. The molecule has 1 aliphatic carbocycles. The van der Waals surface area contributed by atoms with E-state index in [-0.39, 0.29) is 17.9 Å². The van der Waals surface area contributed by atoms with Crippen molar-refractivity contribution in [2.75, 3.05) is 0 Å². The van der Waals surface area contributed by atoms with E-state index in [0.717, 1.165) is 35.7 Å². The number of carbonyl (C=O) groups is 1. The largest absolute Gasteiger partial charge is 0.340 e. The quantitative estimate of drug-likeness (QED) is 0.655. The average Bonchev–Trinajstić information content (AvgIpc) is 3.33. The predicted octanol–water partition coefficient (Wildman–Crippen LogP) is 4.79. The molecule has 0 saturated heterocycles. The minimum absolute atomic E-state index is 0.123. The Morgan fingerprint density at radius 2 is 1.97 bits per heavy atom. The van der Waals surface area contributed by atoms with E-state index in [0.29, 0.717) is 17.4 Å². The Hall–Kier alpha value is -2.89. The van der Waals surface area contributed by atoms with Crippen molar-refractivity contribution in [3.63, 3.8) is 0 Å². The molecule has 1 fully saturated rings. The molecule has 1 amide bonds. The van der Waals surface area contributed by atoms with E-state index in [4.69, 9.17) is 4.52 Å². The van der Waals surface area contributed by atoms with Gasteiger partial charge in [-0.25, -0.2) is 0 Å². The molecule has 0 aliphatic heterocycles. The van der Waals surface area contributed by atoms with Crippen molar-refractivity contribution in [3.05, 3.63) is 64.6 Å². The van der Waals surface area contributed by atoms with Gasteiger partial charge in [0.25, 0.3) is 5.91 Å². The van der Waals surface area contributed by atoms with Crippen LogP contribution in [0.15, 0.2) is 34.9 Å². The molecule has 1 N–H and O–H groups in total. The van der Waals surface area contributed by atoms with E-state index < -0.39 is 0 Å². The maximum atomic E-state index is 13.2. The predicted molar refractivity (Wildman–Crippen MR) is 111 cm³/mol. The third-order valence-electron chi connectivity index (χ3n) is 5.55. The molecule has 1 atom stereocenters. The molecule has 29 heavy (non-hydrogen) atoms. The molecule has 2 aromatic heterocycles. The Morgan fingerprint density at radius 3 is 2.62 bits per heavy atom. The number of carbonyl (C=O) groups excluding carboxylic acids is 1. The number of hydrogen-bond acceptors (Lipinski definition) is 4. The summed E-state index contributed by atoms with van der Waals surface area (Å²) in [5.41, 5.74) is 4.84. The second-order valence-electron chi connectivity index (χ2n) is 8.42. The van der Waals surface area contributed by atoms with Crippen LogP contribution >= 0.6 is 0 Å². The van der Waals surface area contributed by atoms with Crippen LogP contribution in [0.4, 0.5) is 0 Å². The Kier molecular flexibility index (Phi) is 5.03. The first-order chi connectivity index (χ1) is 13.8. The smallest absolute Gasteiger partial charge is 0.253 e. The van der Waals surface area contributed by atoms with Crippen LogP contribution in [0.25, 0.3) is 5.69 Å². The van der Waals surface area contributed by atoms with Gasteiger partial charge in [-0.15, -0.1) is 0 Å². The van der Waals surface area contributed by atoms with Gasteiger partial charge >= 0.3 is 0 Å². The summed E-state index contributed by atoms with van der Waals surface area (Å²) in [5.74, 6) is 1.68. The van der Waals surface area contributed by atoms with E-state index in [2.05, 4.69) is 45.1 Å². The second-order valence-corrected chi connectivity index (χ2v) is 8.42. The van der Waals surface area contributed by atoms with Crippen molar-refractivity contribution in [1.29, 1.82) is 0 Å². The standard InChI is InChI=1S/C23H28N4O2/c1-13(2)20(23-25-21(26-29-23)17-9-10-17)24-22(28)19-12-15(4)27(16(19)5)18-8-6-7-14(3)11-18/h6-8,11-13,17,20H,9-10H2,1-5H3,(H,24,28). The summed E-state index contributed by atoms with van der Waals surface area (Å²) in [6.07, 6.45) is 2.23. The van der Waals surface area contributed by atoms with Crippen LogP contribution in [0, 0.1) is 26.7 Å². The summed E-state index contributed by atoms with van der Waals surface area (Å²) in [5, 5.41) is 7.22. The zero-order valence-corrected chi connectivity index (χ0v) is 17.7. The van der Waals surface area contributed by atoms with Crippen LogP contribution in [0.2, 0.25) is 0 Å². The number of amides is 1. The summed E-state index contributed by atoms with van der Waals surface area (Å²) in [6.45, 7) is 10.2. The van der Waals surface area contributed by atoms with Gasteiger partial charge in [0, 0.05) is 23.0 Å². The molecule has 0 spiro atoms. The van der Waals surface area contributed by atoms with Crippen molar-refractivity contribution in [2.24, 2.45) is 5.92 Å². The number of nitrogens with one attached hydrogen (secondary N) is 1. The molecular weight excluding hydrogens is 364 g/mol. The van der Waals surface area contributed by atoms with Gasteiger partial charge in [-0.3, -0.25) is 4.79 Å². The summed E-state index contributed by atoms with van der Waals surface area (Å²) >= 11 is 0. The molecule has 2 heterocycles. The highest BCUT2D eigenvalue weighted by atomic mass is 16.5. The van der Waals surface area contributed by atoms with Crippen LogP contribution in [0.1, 0.15) is 77.7 Å². The lowest BCUT2D eigenvalue weighted by Crippen LogP contribution is -2.32. The molecule has 1 saturated carbocycles. The van der Waals surface area contributed by atoms with Crippen molar-refractivity contribution < 1.29 is 9.32 Å². The van der Waals surface area contributed by atoms with E-state index in [1.54, 1.807) is 0 Å². The molecule has 4 rings (SSSR count). The zero-order valence-electron chi connectivity index (χ0n) is 17.7. The summed E-state index contributed by atoms with van der Waals surface area (Å²) in [4.78, 5) is 17.7. The Bertz CT molecular complexity index is 1040. The highest BCUT2D eigenvalue weighted by Crippen LogP contribution is 2.38. The highest BCUT2D eigenvalue weighted by Gasteiger charge is 2.32. The van der Waals surface area contributed by atoms with Gasteiger partial charge < -0.3 is 14.4 Å². The molecule has 0 bridgehead atoms. The number of nitrogens with zero attached hydrogens (tertiary/aromatic N) is 3. The maximum Gasteiger partial charge on any atom is 0.253 e. The van der Waals surface area contributed by atoms with Crippen LogP contribution in [-0.2, 0) is 0 Å². The number of benzene rings is 1. The highest BCUT2D eigenvalue weighted by molar-refractivity contribution is 5.96.